The average molecular weight is 195 g/mol. The standard InChI is InChI=1S/C11H17NO2/c1-7(8(2)12)10-5-4-9(13)6-11(10)14-3/h4-8,13H,12H2,1-3H3. The van der Waals surface area contributed by atoms with Crippen LogP contribution in [0.15, 0.2) is 18.2 Å². The lowest BCUT2D eigenvalue weighted by Crippen LogP contribution is -2.22. The molecule has 0 aromatic heterocycles. The maximum atomic E-state index is 9.28. The van der Waals surface area contributed by atoms with Crippen LogP contribution in [0.5, 0.6) is 11.5 Å². The van der Waals surface area contributed by atoms with Gasteiger partial charge in [-0.1, -0.05) is 13.0 Å². The zero-order valence-corrected chi connectivity index (χ0v) is 8.82. The van der Waals surface area contributed by atoms with Crippen molar-refractivity contribution in [2.45, 2.75) is 25.8 Å². The van der Waals surface area contributed by atoms with Gasteiger partial charge in [0.05, 0.1) is 7.11 Å². The van der Waals surface area contributed by atoms with Crippen LogP contribution in [0.1, 0.15) is 25.3 Å². The van der Waals surface area contributed by atoms with Crippen molar-refractivity contribution < 1.29 is 9.84 Å². The minimum Gasteiger partial charge on any atom is -0.508 e. The second-order valence-corrected chi connectivity index (χ2v) is 3.57. The van der Waals surface area contributed by atoms with Crippen LogP contribution in [0.25, 0.3) is 0 Å². The number of hydrogen-bond donors (Lipinski definition) is 2. The number of rotatable bonds is 3. The molecule has 3 nitrogen and oxygen atoms in total. The van der Waals surface area contributed by atoms with Gasteiger partial charge in [0.25, 0.3) is 0 Å². The van der Waals surface area contributed by atoms with E-state index < -0.39 is 0 Å². The summed E-state index contributed by atoms with van der Waals surface area (Å²) >= 11 is 0. The third-order valence-electron chi connectivity index (χ3n) is 2.50. The van der Waals surface area contributed by atoms with Crippen LogP contribution in [0, 0.1) is 0 Å². The van der Waals surface area contributed by atoms with Gasteiger partial charge in [0.1, 0.15) is 11.5 Å². The molecular weight excluding hydrogens is 178 g/mol. The van der Waals surface area contributed by atoms with E-state index in [0.717, 1.165) is 5.56 Å². The molecule has 2 atom stereocenters. The minimum absolute atomic E-state index is 0.0634. The quantitative estimate of drug-likeness (QED) is 0.774. The highest BCUT2D eigenvalue weighted by Crippen LogP contribution is 2.30. The maximum absolute atomic E-state index is 9.28. The number of aromatic hydroxyl groups is 1. The Morgan fingerprint density at radius 2 is 2.00 bits per heavy atom. The summed E-state index contributed by atoms with van der Waals surface area (Å²) in [6.07, 6.45) is 0. The van der Waals surface area contributed by atoms with E-state index in [1.54, 1.807) is 19.2 Å². The number of benzene rings is 1. The SMILES string of the molecule is COc1cc(O)ccc1C(C)C(C)N. The molecule has 0 saturated carbocycles. The zero-order chi connectivity index (χ0) is 10.7. The van der Waals surface area contributed by atoms with E-state index in [1.165, 1.54) is 0 Å². The van der Waals surface area contributed by atoms with E-state index in [0.29, 0.717) is 5.75 Å². The fraction of sp³-hybridized carbons (Fsp3) is 0.455. The third kappa shape index (κ3) is 2.17. The Kier molecular flexibility index (Phi) is 3.36. The van der Waals surface area contributed by atoms with E-state index in [-0.39, 0.29) is 17.7 Å². The predicted molar refractivity (Wildman–Crippen MR) is 56.7 cm³/mol. The number of phenols is 1. The summed E-state index contributed by atoms with van der Waals surface area (Å²) in [5, 5.41) is 9.28. The molecule has 0 radical (unpaired) electrons. The Balaban J connectivity index is 3.07. The van der Waals surface area contributed by atoms with E-state index in [1.807, 2.05) is 19.9 Å². The Labute approximate surface area is 84.5 Å². The highest BCUT2D eigenvalue weighted by atomic mass is 16.5. The first-order valence-corrected chi connectivity index (χ1v) is 4.68. The Morgan fingerprint density at radius 3 is 2.50 bits per heavy atom. The molecule has 0 aliphatic heterocycles. The van der Waals surface area contributed by atoms with Gasteiger partial charge < -0.3 is 15.6 Å². The summed E-state index contributed by atoms with van der Waals surface area (Å²) in [7, 11) is 1.59. The van der Waals surface area contributed by atoms with E-state index in [9.17, 15) is 5.11 Å². The maximum Gasteiger partial charge on any atom is 0.126 e. The third-order valence-corrected chi connectivity index (χ3v) is 2.50. The van der Waals surface area contributed by atoms with Gasteiger partial charge in [-0.05, 0) is 24.5 Å². The molecule has 78 valence electrons. The van der Waals surface area contributed by atoms with Crippen LogP contribution in [0.2, 0.25) is 0 Å². The van der Waals surface area contributed by atoms with Gasteiger partial charge in [0.2, 0.25) is 0 Å². The second kappa shape index (κ2) is 4.33. The number of phenolic OH excluding ortho intramolecular Hbond substituents is 1. The molecule has 0 amide bonds. The molecule has 0 bridgehead atoms. The van der Waals surface area contributed by atoms with Crippen LogP contribution in [0.4, 0.5) is 0 Å². The summed E-state index contributed by atoms with van der Waals surface area (Å²) in [5.41, 5.74) is 6.84. The summed E-state index contributed by atoms with van der Waals surface area (Å²) in [6, 6.07) is 5.17. The van der Waals surface area contributed by atoms with Gasteiger partial charge in [-0.25, -0.2) is 0 Å². The highest BCUT2D eigenvalue weighted by molar-refractivity contribution is 5.42. The highest BCUT2D eigenvalue weighted by Gasteiger charge is 2.15. The first-order chi connectivity index (χ1) is 6.56. The molecule has 0 saturated heterocycles. The van der Waals surface area contributed by atoms with Crippen LogP contribution in [0.3, 0.4) is 0 Å². The molecule has 0 spiro atoms. The van der Waals surface area contributed by atoms with E-state index in [2.05, 4.69) is 0 Å². The Hall–Kier alpha value is -1.22. The van der Waals surface area contributed by atoms with Crippen molar-refractivity contribution in [3.05, 3.63) is 23.8 Å². The molecule has 2 unspecified atom stereocenters. The van der Waals surface area contributed by atoms with Gasteiger partial charge in [0.15, 0.2) is 0 Å². The fourth-order valence-corrected chi connectivity index (χ4v) is 1.36. The van der Waals surface area contributed by atoms with Crippen molar-refractivity contribution in [2.75, 3.05) is 7.11 Å². The van der Waals surface area contributed by atoms with Crippen LogP contribution >= 0.6 is 0 Å². The monoisotopic (exact) mass is 195 g/mol. The lowest BCUT2D eigenvalue weighted by Gasteiger charge is -2.18. The van der Waals surface area contributed by atoms with Gasteiger partial charge in [-0.2, -0.15) is 0 Å². The largest absolute Gasteiger partial charge is 0.508 e. The summed E-state index contributed by atoms with van der Waals surface area (Å²) < 4.78 is 5.18. The molecule has 1 aromatic carbocycles. The van der Waals surface area contributed by atoms with Crippen molar-refractivity contribution in [3.63, 3.8) is 0 Å². The lowest BCUT2D eigenvalue weighted by atomic mass is 9.94. The second-order valence-electron chi connectivity index (χ2n) is 3.57. The number of hydrogen-bond acceptors (Lipinski definition) is 3. The summed E-state index contributed by atoms with van der Waals surface area (Å²) in [4.78, 5) is 0. The van der Waals surface area contributed by atoms with Crippen molar-refractivity contribution in [1.29, 1.82) is 0 Å². The molecule has 3 N–H and O–H groups in total. The topological polar surface area (TPSA) is 55.5 Å². The predicted octanol–water partition coefficient (Wildman–Crippen LogP) is 1.85. The molecular formula is C11H17NO2. The number of ether oxygens (including phenoxy) is 1. The average Bonchev–Trinajstić information content (AvgIpc) is 2.16. The van der Waals surface area contributed by atoms with Crippen molar-refractivity contribution >= 4 is 0 Å². The first-order valence-electron chi connectivity index (χ1n) is 4.68. The molecule has 0 aliphatic rings. The van der Waals surface area contributed by atoms with Gasteiger partial charge in [0, 0.05) is 12.1 Å². The Bertz CT molecular complexity index is 310. The minimum atomic E-state index is 0.0634. The molecule has 1 rings (SSSR count). The summed E-state index contributed by atoms with van der Waals surface area (Å²) in [6.45, 7) is 4.00. The lowest BCUT2D eigenvalue weighted by molar-refractivity contribution is 0.397. The van der Waals surface area contributed by atoms with Crippen LogP contribution in [-0.2, 0) is 0 Å². The summed E-state index contributed by atoms with van der Waals surface area (Å²) in [5.74, 6) is 1.11. The van der Waals surface area contributed by atoms with Crippen molar-refractivity contribution in [2.24, 2.45) is 5.73 Å². The van der Waals surface area contributed by atoms with Crippen molar-refractivity contribution in [1.82, 2.24) is 0 Å². The van der Waals surface area contributed by atoms with Gasteiger partial charge in [-0.15, -0.1) is 0 Å². The molecule has 1 aromatic rings. The number of methoxy groups -OCH3 is 1. The first kappa shape index (κ1) is 10.9. The van der Waals surface area contributed by atoms with Crippen molar-refractivity contribution in [3.8, 4) is 11.5 Å². The van der Waals surface area contributed by atoms with Gasteiger partial charge >= 0.3 is 0 Å². The molecule has 14 heavy (non-hydrogen) atoms. The van der Waals surface area contributed by atoms with E-state index >= 15 is 0 Å². The smallest absolute Gasteiger partial charge is 0.126 e. The fourth-order valence-electron chi connectivity index (χ4n) is 1.36. The normalized spacial score (nSPS) is 14.9. The van der Waals surface area contributed by atoms with Gasteiger partial charge in [-0.3, -0.25) is 0 Å². The number of nitrogens with two attached hydrogens (primary N) is 1. The zero-order valence-electron chi connectivity index (χ0n) is 8.82. The molecule has 3 heteroatoms. The molecule has 0 heterocycles. The van der Waals surface area contributed by atoms with Crippen LogP contribution < -0.4 is 10.5 Å². The molecule has 0 fully saturated rings. The van der Waals surface area contributed by atoms with Crippen LogP contribution in [-0.4, -0.2) is 18.3 Å². The van der Waals surface area contributed by atoms with E-state index in [4.69, 9.17) is 10.5 Å². The molecule has 0 aliphatic carbocycles. The Morgan fingerprint density at radius 1 is 1.36 bits per heavy atom.